The standard InChI is InChI=1S/C6H16N2O2/c1-2-9-3-4-10-5-6(7)8/h6H,2-5,7-8H2,1H3. The van der Waals surface area contributed by atoms with Gasteiger partial charge in [0.05, 0.1) is 26.0 Å². The number of hydrogen-bond donors (Lipinski definition) is 2. The van der Waals surface area contributed by atoms with Crippen LogP contribution in [-0.2, 0) is 9.47 Å². The van der Waals surface area contributed by atoms with Gasteiger partial charge in [0.1, 0.15) is 0 Å². The first-order chi connectivity index (χ1) is 4.77. The SMILES string of the molecule is CCOCCOCC(N)N. The maximum Gasteiger partial charge on any atom is 0.0762 e. The molecule has 0 saturated heterocycles. The Morgan fingerprint density at radius 3 is 2.30 bits per heavy atom. The van der Waals surface area contributed by atoms with Crippen molar-refractivity contribution < 1.29 is 9.47 Å². The average Bonchev–Trinajstić information content (AvgIpc) is 1.87. The van der Waals surface area contributed by atoms with Crippen LogP contribution in [0.3, 0.4) is 0 Å². The summed E-state index contributed by atoms with van der Waals surface area (Å²) < 4.78 is 10.0. The summed E-state index contributed by atoms with van der Waals surface area (Å²) >= 11 is 0. The maximum absolute atomic E-state index is 5.22. The number of hydrogen-bond acceptors (Lipinski definition) is 4. The lowest BCUT2D eigenvalue weighted by Gasteiger charge is -2.06. The summed E-state index contributed by atoms with van der Waals surface area (Å²) in [5.41, 5.74) is 10.4. The van der Waals surface area contributed by atoms with E-state index in [1.165, 1.54) is 0 Å². The van der Waals surface area contributed by atoms with Gasteiger partial charge in [-0.2, -0.15) is 0 Å². The molecule has 10 heavy (non-hydrogen) atoms. The third-order valence-corrected chi connectivity index (χ3v) is 0.886. The fourth-order valence-corrected chi connectivity index (χ4v) is 0.482. The third kappa shape index (κ3) is 7.84. The lowest BCUT2D eigenvalue weighted by Crippen LogP contribution is -2.35. The fourth-order valence-electron chi connectivity index (χ4n) is 0.482. The van der Waals surface area contributed by atoms with Gasteiger partial charge in [0, 0.05) is 6.61 Å². The van der Waals surface area contributed by atoms with E-state index in [4.69, 9.17) is 20.9 Å². The Hall–Kier alpha value is -0.160. The van der Waals surface area contributed by atoms with Gasteiger partial charge in [-0.25, -0.2) is 0 Å². The zero-order chi connectivity index (χ0) is 7.82. The first-order valence-corrected chi connectivity index (χ1v) is 3.44. The predicted molar refractivity (Wildman–Crippen MR) is 39.5 cm³/mol. The normalized spacial score (nSPS) is 10.8. The van der Waals surface area contributed by atoms with E-state index in [-0.39, 0.29) is 6.17 Å². The van der Waals surface area contributed by atoms with Crippen LogP contribution in [-0.4, -0.2) is 32.6 Å². The van der Waals surface area contributed by atoms with Gasteiger partial charge in [0.15, 0.2) is 0 Å². The van der Waals surface area contributed by atoms with Gasteiger partial charge < -0.3 is 20.9 Å². The molecule has 0 bridgehead atoms. The van der Waals surface area contributed by atoms with Crippen LogP contribution in [0.2, 0.25) is 0 Å². The summed E-state index contributed by atoms with van der Waals surface area (Å²) in [6.07, 6.45) is -0.373. The Balaban J connectivity index is 2.77. The molecule has 0 aliphatic heterocycles. The molecule has 0 unspecified atom stereocenters. The van der Waals surface area contributed by atoms with E-state index in [0.717, 1.165) is 6.61 Å². The molecule has 0 amide bonds. The molecular formula is C6H16N2O2. The first-order valence-electron chi connectivity index (χ1n) is 3.44. The highest BCUT2D eigenvalue weighted by molar-refractivity contribution is 4.45. The zero-order valence-corrected chi connectivity index (χ0v) is 6.38. The van der Waals surface area contributed by atoms with Crippen molar-refractivity contribution in [3.05, 3.63) is 0 Å². The molecule has 4 heteroatoms. The highest BCUT2D eigenvalue weighted by Crippen LogP contribution is 1.77. The highest BCUT2D eigenvalue weighted by atomic mass is 16.5. The molecule has 0 rings (SSSR count). The van der Waals surface area contributed by atoms with Crippen molar-refractivity contribution >= 4 is 0 Å². The van der Waals surface area contributed by atoms with Gasteiger partial charge in [-0.3, -0.25) is 0 Å². The summed E-state index contributed by atoms with van der Waals surface area (Å²) in [6.45, 7) is 4.24. The first kappa shape index (κ1) is 9.84. The molecule has 0 fully saturated rings. The summed E-state index contributed by atoms with van der Waals surface area (Å²) in [6, 6.07) is 0. The van der Waals surface area contributed by atoms with Crippen LogP contribution >= 0.6 is 0 Å². The van der Waals surface area contributed by atoms with Crippen molar-refractivity contribution in [1.29, 1.82) is 0 Å². The number of rotatable bonds is 6. The molecule has 0 atom stereocenters. The molecule has 0 saturated carbocycles. The third-order valence-electron chi connectivity index (χ3n) is 0.886. The molecule has 0 aliphatic carbocycles. The average molecular weight is 148 g/mol. The fraction of sp³-hybridized carbons (Fsp3) is 1.00. The van der Waals surface area contributed by atoms with Gasteiger partial charge in [-0.05, 0) is 6.92 Å². The van der Waals surface area contributed by atoms with Crippen LogP contribution in [0.15, 0.2) is 0 Å². The second-order valence-electron chi connectivity index (χ2n) is 1.94. The predicted octanol–water partition coefficient (Wildman–Crippen LogP) is -0.717. The molecule has 0 heterocycles. The van der Waals surface area contributed by atoms with E-state index in [9.17, 15) is 0 Å². The van der Waals surface area contributed by atoms with E-state index in [1.807, 2.05) is 6.92 Å². The van der Waals surface area contributed by atoms with E-state index < -0.39 is 0 Å². The van der Waals surface area contributed by atoms with Crippen LogP contribution in [0.1, 0.15) is 6.92 Å². The minimum Gasteiger partial charge on any atom is -0.379 e. The number of nitrogens with two attached hydrogens (primary N) is 2. The highest BCUT2D eigenvalue weighted by Gasteiger charge is 1.92. The summed E-state index contributed by atoms with van der Waals surface area (Å²) in [5.74, 6) is 0. The van der Waals surface area contributed by atoms with Gasteiger partial charge in [0.2, 0.25) is 0 Å². The zero-order valence-electron chi connectivity index (χ0n) is 6.38. The van der Waals surface area contributed by atoms with Gasteiger partial charge in [-0.1, -0.05) is 0 Å². The van der Waals surface area contributed by atoms with Crippen molar-refractivity contribution in [2.45, 2.75) is 13.1 Å². The Labute approximate surface area is 61.5 Å². The molecule has 0 aromatic rings. The minimum absolute atomic E-state index is 0.373. The van der Waals surface area contributed by atoms with Crippen LogP contribution in [0, 0.1) is 0 Å². The molecule has 62 valence electrons. The van der Waals surface area contributed by atoms with E-state index in [1.54, 1.807) is 0 Å². The van der Waals surface area contributed by atoms with Crippen LogP contribution < -0.4 is 11.5 Å². The van der Waals surface area contributed by atoms with E-state index in [0.29, 0.717) is 19.8 Å². The summed E-state index contributed by atoms with van der Waals surface area (Å²) in [4.78, 5) is 0. The van der Waals surface area contributed by atoms with Gasteiger partial charge >= 0.3 is 0 Å². The van der Waals surface area contributed by atoms with Crippen LogP contribution in [0.5, 0.6) is 0 Å². The molecule has 0 radical (unpaired) electrons. The smallest absolute Gasteiger partial charge is 0.0762 e. The Kier molecular flexibility index (Phi) is 6.84. The molecule has 4 N–H and O–H groups in total. The lowest BCUT2D eigenvalue weighted by molar-refractivity contribution is 0.0479. The van der Waals surface area contributed by atoms with Crippen molar-refractivity contribution in [2.75, 3.05) is 26.4 Å². The number of ether oxygens (including phenoxy) is 2. The monoisotopic (exact) mass is 148 g/mol. The maximum atomic E-state index is 5.22. The Morgan fingerprint density at radius 2 is 1.80 bits per heavy atom. The van der Waals surface area contributed by atoms with Crippen molar-refractivity contribution in [2.24, 2.45) is 11.5 Å². The minimum atomic E-state index is -0.373. The lowest BCUT2D eigenvalue weighted by atomic mass is 10.6. The van der Waals surface area contributed by atoms with E-state index >= 15 is 0 Å². The molecule has 4 nitrogen and oxygen atoms in total. The largest absolute Gasteiger partial charge is 0.379 e. The Bertz CT molecular complexity index is 68.8. The molecular weight excluding hydrogens is 132 g/mol. The summed E-state index contributed by atoms with van der Waals surface area (Å²) in [7, 11) is 0. The van der Waals surface area contributed by atoms with E-state index in [2.05, 4.69) is 0 Å². The van der Waals surface area contributed by atoms with Crippen molar-refractivity contribution in [3.8, 4) is 0 Å². The summed E-state index contributed by atoms with van der Waals surface area (Å²) in [5, 5.41) is 0. The van der Waals surface area contributed by atoms with Crippen molar-refractivity contribution in [3.63, 3.8) is 0 Å². The second-order valence-corrected chi connectivity index (χ2v) is 1.94. The second kappa shape index (κ2) is 6.95. The topological polar surface area (TPSA) is 70.5 Å². The molecule has 0 spiro atoms. The quantitative estimate of drug-likeness (QED) is 0.385. The molecule has 0 aromatic carbocycles. The van der Waals surface area contributed by atoms with Crippen molar-refractivity contribution in [1.82, 2.24) is 0 Å². The van der Waals surface area contributed by atoms with Gasteiger partial charge in [0.25, 0.3) is 0 Å². The molecule has 0 aromatic heterocycles. The van der Waals surface area contributed by atoms with Crippen LogP contribution in [0.4, 0.5) is 0 Å². The van der Waals surface area contributed by atoms with Crippen LogP contribution in [0.25, 0.3) is 0 Å². The molecule has 0 aliphatic rings. The Morgan fingerprint density at radius 1 is 1.20 bits per heavy atom. The van der Waals surface area contributed by atoms with Gasteiger partial charge in [-0.15, -0.1) is 0 Å².